The molecule has 0 radical (unpaired) electrons. The van der Waals surface area contributed by atoms with E-state index in [1.807, 2.05) is 6.92 Å². The first-order valence-corrected chi connectivity index (χ1v) is 12.6. The second kappa shape index (κ2) is 11.9. The summed E-state index contributed by atoms with van der Waals surface area (Å²) >= 11 is 0. The summed E-state index contributed by atoms with van der Waals surface area (Å²) in [4.78, 5) is 28.0. The van der Waals surface area contributed by atoms with Gasteiger partial charge in [-0.05, 0) is 36.3 Å². The first-order valence-electron chi connectivity index (χ1n) is 12.6. The van der Waals surface area contributed by atoms with Gasteiger partial charge in [0.15, 0.2) is 11.5 Å². The molecule has 2 amide bonds. The van der Waals surface area contributed by atoms with Crippen LogP contribution in [-0.4, -0.2) is 70.5 Å². The standard InChI is InChI=1S/C28H33FN2O7/c1-3-6-23(34)31(14-17-7-4-5-8-20(17)29)21-13-19(28(36)30-9-10-32)24-18-11-16(15-33)12-22(37-2)26(18)38-27(24)25(21)35/h4-5,7-8,11-13,21,24-25,27,32-33,35H,3,6,9-10,14-15H2,1-2H3,(H,30,36)/t21-,24+,25+,27+/m1/s1. The number of methoxy groups -OCH3 is 1. The highest BCUT2D eigenvalue weighted by molar-refractivity contribution is 5.96. The molecule has 0 spiro atoms. The van der Waals surface area contributed by atoms with Gasteiger partial charge in [-0.3, -0.25) is 9.59 Å². The number of aliphatic hydroxyl groups is 3. The predicted octanol–water partition coefficient (Wildman–Crippen LogP) is 1.78. The van der Waals surface area contributed by atoms with Crippen LogP contribution in [0.3, 0.4) is 0 Å². The molecule has 4 atom stereocenters. The molecule has 38 heavy (non-hydrogen) atoms. The van der Waals surface area contributed by atoms with Gasteiger partial charge in [-0.15, -0.1) is 0 Å². The van der Waals surface area contributed by atoms with Crippen molar-refractivity contribution in [2.24, 2.45) is 0 Å². The lowest BCUT2D eigenvalue weighted by atomic mass is 9.77. The normalized spacial score (nSPS) is 21.6. The maximum Gasteiger partial charge on any atom is 0.247 e. The van der Waals surface area contributed by atoms with Crippen LogP contribution in [0.25, 0.3) is 0 Å². The van der Waals surface area contributed by atoms with E-state index < -0.39 is 35.9 Å². The first kappa shape index (κ1) is 27.6. The summed E-state index contributed by atoms with van der Waals surface area (Å²) in [5.74, 6) is -1.34. The number of ether oxygens (including phenoxy) is 2. The predicted molar refractivity (Wildman–Crippen MR) is 136 cm³/mol. The van der Waals surface area contributed by atoms with Gasteiger partial charge < -0.3 is 35.0 Å². The Hall–Kier alpha value is -3.47. The molecule has 2 aliphatic rings. The Morgan fingerprint density at radius 2 is 1.97 bits per heavy atom. The topological polar surface area (TPSA) is 129 Å². The van der Waals surface area contributed by atoms with E-state index >= 15 is 0 Å². The molecule has 4 rings (SSSR count). The molecule has 204 valence electrons. The summed E-state index contributed by atoms with van der Waals surface area (Å²) in [5.41, 5.74) is 1.60. The molecule has 0 saturated heterocycles. The Labute approximate surface area is 220 Å². The van der Waals surface area contributed by atoms with Crippen LogP contribution in [0.15, 0.2) is 48.0 Å². The molecule has 0 aromatic heterocycles. The number of fused-ring (bicyclic) bond motifs is 3. The zero-order valence-electron chi connectivity index (χ0n) is 21.4. The van der Waals surface area contributed by atoms with Gasteiger partial charge in [0, 0.05) is 36.2 Å². The summed E-state index contributed by atoms with van der Waals surface area (Å²) < 4.78 is 26.2. The van der Waals surface area contributed by atoms with Crippen LogP contribution >= 0.6 is 0 Å². The van der Waals surface area contributed by atoms with E-state index in [9.17, 15) is 29.3 Å². The SMILES string of the molecule is CCCC(=O)N(Cc1ccccc1F)[C@@H]1C=C(C(=O)NCCO)[C@@H]2c3cc(CO)cc(OC)c3O[C@@H]2[C@H]1O. The number of hydrogen-bond donors (Lipinski definition) is 4. The van der Waals surface area contributed by atoms with E-state index in [4.69, 9.17) is 9.47 Å². The van der Waals surface area contributed by atoms with Gasteiger partial charge in [-0.2, -0.15) is 0 Å². The quantitative estimate of drug-likeness (QED) is 0.370. The fourth-order valence-electron chi connectivity index (χ4n) is 5.15. The van der Waals surface area contributed by atoms with E-state index in [2.05, 4.69) is 5.32 Å². The van der Waals surface area contributed by atoms with Crippen LogP contribution in [0.4, 0.5) is 4.39 Å². The third-order valence-electron chi connectivity index (χ3n) is 6.94. The molecule has 1 heterocycles. The van der Waals surface area contributed by atoms with Crippen molar-refractivity contribution in [1.29, 1.82) is 0 Å². The summed E-state index contributed by atoms with van der Waals surface area (Å²) in [6.45, 7) is 1.19. The van der Waals surface area contributed by atoms with Crippen molar-refractivity contribution in [2.45, 2.75) is 57.1 Å². The highest BCUT2D eigenvalue weighted by Gasteiger charge is 2.51. The monoisotopic (exact) mass is 528 g/mol. The van der Waals surface area contributed by atoms with Crippen molar-refractivity contribution in [2.75, 3.05) is 20.3 Å². The van der Waals surface area contributed by atoms with Crippen LogP contribution in [0, 0.1) is 5.82 Å². The fraction of sp³-hybridized carbons (Fsp3) is 0.429. The first-order chi connectivity index (χ1) is 18.3. The summed E-state index contributed by atoms with van der Waals surface area (Å²) in [6.07, 6.45) is 0.00842. The summed E-state index contributed by atoms with van der Waals surface area (Å²) in [6, 6.07) is 8.41. The second-order valence-electron chi connectivity index (χ2n) is 9.38. The highest BCUT2D eigenvalue weighted by Crippen LogP contribution is 2.51. The van der Waals surface area contributed by atoms with Gasteiger partial charge in [0.1, 0.15) is 18.0 Å². The van der Waals surface area contributed by atoms with Crippen molar-refractivity contribution in [3.8, 4) is 11.5 Å². The average Bonchev–Trinajstić information content (AvgIpc) is 3.31. The van der Waals surface area contributed by atoms with Crippen LogP contribution in [0.1, 0.15) is 42.4 Å². The Morgan fingerprint density at radius 3 is 2.63 bits per heavy atom. The second-order valence-corrected chi connectivity index (χ2v) is 9.38. The van der Waals surface area contributed by atoms with Crippen molar-refractivity contribution in [3.63, 3.8) is 0 Å². The molecule has 1 aliphatic heterocycles. The highest BCUT2D eigenvalue weighted by atomic mass is 19.1. The van der Waals surface area contributed by atoms with Crippen molar-refractivity contribution in [1.82, 2.24) is 10.2 Å². The number of nitrogens with zero attached hydrogens (tertiary/aromatic N) is 1. The zero-order chi connectivity index (χ0) is 27.4. The van der Waals surface area contributed by atoms with E-state index in [0.717, 1.165) is 0 Å². The van der Waals surface area contributed by atoms with Crippen molar-refractivity contribution < 1.29 is 38.8 Å². The molecular weight excluding hydrogens is 495 g/mol. The Balaban J connectivity index is 1.82. The minimum Gasteiger partial charge on any atom is -0.493 e. The Kier molecular flexibility index (Phi) is 8.65. The summed E-state index contributed by atoms with van der Waals surface area (Å²) in [5, 5.41) is 33.3. The number of amides is 2. The molecule has 10 heteroatoms. The maximum atomic E-state index is 14.6. The maximum absolute atomic E-state index is 14.6. The van der Waals surface area contributed by atoms with Gasteiger partial charge in [0.05, 0.1) is 32.3 Å². The summed E-state index contributed by atoms with van der Waals surface area (Å²) in [7, 11) is 1.45. The van der Waals surface area contributed by atoms with Crippen LogP contribution < -0.4 is 14.8 Å². The Bertz CT molecular complexity index is 1220. The zero-order valence-corrected chi connectivity index (χ0v) is 21.4. The van der Waals surface area contributed by atoms with Crippen LogP contribution in [0.5, 0.6) is 11.5 Å². The fourth-order valence-corrected chi connectivity index (χ4v) is 5.15. The molecule has 2 aromatic rings. The lowest BCUT2D eigenvalue weighted by molar-refractivity contribution is -0.138. The van der Waals surface area contributed by atoms with Crippen LogP contribution in [-0.2, 0) is 22.7 Å². The van der Waals surface area contributed by atoms with Crippen molar-refractivity contribution in [3.05, 3.63) is 70.6 Å². The Morgan fingerprint density at radius 1 is 1.21 bits per heavy atom. The minimum atomic E-state index is -1.27. The van der Waals surface area contributed by atoms with Crippen molar-refractivity contribution >= 4 is 11.8 Å². The number of aliphatic hydroxyl groups excluding tert-OH is 3. The largest absolute Gasteiger partial charge is 0.493 e. The smallest absolute Gasteiger partial charge is 0.247 e. The molecule has 0 saturated carbocycles. The van der Waals surface area contributed by atoms with Gasteiger partial charge >= 0.3 is 0 Å². The number of carbonyl (C=O) groups is 2. The molecule has 1 aliphatic carbocycles. The number of carbonyl (C=O) groups excluding carboxylic acids is 2. The van der Waals surface area contributed by atoms with Gasteiger partial charge in [-0.25, -0.2) is 4.39 Å². The molecule has 0 fully saturated rings. The number of hydrogen-bond acceptors (Lipinski definition) is 7. The van der Waals surface area contributed by atoms with E-state index in [1.54, 1.807) is 30.3 Å². The van der Waals surface area contributed by atoms with E-state index in [1.165, 1.54) is 24.2 Å². The van der Waals surface area contributed by atoms with Gasteiger partial charge in [0.25, 0.3) is 0 Å². The number of rotatable bonds is 10. The molecule has 0 unspecified atom stereocenters. The lowest BCUT2D eigenvalue weighted by Crippen LogP contribution is -2.55. The van der Waals surface area contributed by atoms with E-state index in [0.29, 0.717) is 29.0 Å². The molecule has 9 nitrogen and oxygen atoms in total. The number of halogens is 1. The lowest BCUT2D eigenvalue weighted by Gasteiger charge is -2.40. The third kappa shape index (κ3) is 5.24. The number of benzene rings is 2. The molecular formula is C28H33FN2O7. The molecule has 2 aromatic carbocycles. The van der Waals surface area contributed by atoms with Gasteiger partial charge in [-0.1, -0.05) is 25.1 Å². The van der Waals surface area contributed by atoms with E-state index in [-0.39, 0.29) is 49.8 Å². The third-order valence-corrected chi connectivity index (χ3v) is 6.94. The average molecular weight is 529 g/mol. The van der Waals surface area contributed by atoms with Crippen LogP contribution in [0.2, 0.25) is 0 Å². The molecule has 4 N–H and O–H groups in total. The van der Waals surface area contributed by atoms with Gasteiger partial charge in [0.2, 0.25) is 11.8 Å². The molecule has 0 bridgehead atoms. The number of nitrogens with one attached hydrogen (secondary N) is 1. The minimum absolute atomic E-state index is 0.00218.